The van der Waals surface area contributed by atoms with E-state index in [2.05, 4.69) is 0 Å². The molecule has 3 rings (SSSR count). The quantitative estimate of drug-likeness (QED) is 0.506. The molecule has 0 spiro atoms. The topological polar surface area (TPSA) is 78.6 Å². The molecule has 1 aliphatic rings. The second-order valence-corrected chi connectivity index (χ2v) is 6.63. The van der Waals surface area contributed by atoms with Gasteiger partial charge in [-0.2, -0.15) is 0 Å². The van der Waals surface area contributed by atoms with Crippen LogP contribution in [-0.2, 0) is 14.3 Å². The van der Waals surface area contributed by atoms with Crippen LogP contribution in [0.15, 0.2) is 48.5 Å². The molecule has 26 heavy (non-hydrogen) atoms. The molecular weight excluding hydrogens is 330 g/mol. The first-order valence-electron chi connectivity index (χ1n) is 8.80. The minimum Gasteiger partial charge on any atom is -0.457 e. The van der Waals surface area contributed by atoms with Crippen molar-refractivity contribution in [2.75, 3.05) is 18.9 Å². The van der Waals surface area contributed by atoms with E-state index in [1.54, 1.807) is 12.1 Å². The molecule has 0 saturated carbocycles. The summed E-state index contributed by atoms with van der Waals surface area (Å²) < 4.78 is 10.6. The Bertz CT molecular complexity index is 768. The minimum atomic E-state index is -0.313. The molecular formula is C21H23NO4. The molecule has 2 atom stereocenters. The van der Waals surface area contributed by atoms with Gasteiger partial charge in [0, 0.05) is 17.9 Å². The number of ether oxygens (including phenoxy) is 2. The summed E-state index contributed by atoms with van der Waals surface area (Å²) in [5.74, 6) is -0.700. The first kappa shape index (κ1) is 18.1. The number of anilines is 1. The van der Waals surface area contributed by atoms with Gasteiger partial charge >= 0.3 is 5.97 Å². The molecule has 5 heteroatoms. The van der Waals surface area contributed by atoms with Gasteiger partial charge in [-0.25, -0.2) is 0 Å². The van der Waals surface area contributed by atoms with Crippen LogP contribution in [0, 0.1) is 5.92 Å². The molecule has 1 saturated heterocycles. The first-order chi connectivity index (χ1) is 12.5. The highest BCUT2D eigenvalue weighted by atomic mass is 16.5. The molecule has 0 amide bonds. The lowest BCUT2D eigenvalue weighted by atomic mass is 9.96. The molecule has 0 bridgehead atoms. The molecule has 136 valence electrons. The molecule has 0 radical (unpaired) electrons. The van der Waals surface area contributed by atoms with Crippen LogP contribution in [0.25, 0.3) is 11.1 Å². The summed E-state index contributed by atoms with van der Waals surface area (Å²) in [4.78, 5) is 24.4. The highest BCUT2D eigenvalue weighted by Crippen LogP contribution is 2.22. The zero-order chi connectivity index (χ0) is 18.5. The van der Waals surface area contributed by atoms with Crippen molar-refractivity contribution in [2.24, 2.45) is 5.92 Å². The number of carbonyl (C=O) groups excluding carboxylic acids is 2. The average molecular weight is 353 g/mol. The van der Waals surface area contributed by atoms with Gasteiger partial charge in [-0.1, -0.05) is 36.4 Å². The average Bonchev–Trinajstić information content (AvgIpc) is 2.66. The maximum Gasteiger partial charge on any atom is 0.309 e. The Labute approximate surface area is 153 Å². The van der Waals surface area contributed by atoms with Gasteiger partial charge in [0.05, 0.1) is 12.0 Å². The first-order valence-corrected chi connectivity index (χ1v) is 8.80. The van der Waals surface area contributed by atoms with Crippen LogP contribution in [0.4, 0.5) is 5.69 Å². The van der Waals surface area contributed by atoms with Crippen molar-refractivity contribution in [3.8, 4) is 11.1 Å². The summed E-state index contributed by atoms with van der Waals surface area (Å²) in [5, 5.41) is 0. The third-order valence-corrected chi connectivity index (χ3v) is 4.61. The van der Waals surface area contributed by atoms with E-state index in [1.165, 1.54) is 0 Å². The van der Waals surface area contributed by atoms with Crippen molar-refractivity contribution in [1.29, 1.82) is 0 Å². The van der Waals surface area contributed by atoms with Gasteiger partial charge in [0.1, 0.15) is 0 Å². The van der Waals surface area contributed by atoms with Crippen LogP contribution in [0.2, 0.25) is 0 Å². The number of Topliss-reactive ketones (excluding diaryl/α,β-unsaturated/α-hetero) is 1. The smallest absolute Gasteiger partial charge is 0.309 e. The molecule has 0 aromatic heterocycles. The van der Waals surface area contributed by atoms with Gasteiger partial charge < -0.3 is 15.2 Å². The molecule has 0 aliphatic carbocycles. The number of nitrogens with two attached hydrogens (primary N) is 1. The van der Waals surface area contributed by atoms with E-state index in [4.69, 9.17) is 15.2 Å². The second kappa shape index (κ2) is 8.15. The Morgan fingerprint density at radius 2 is 1.69 bits per heavy atom. The number of esters is 1. The molecule has 5 nitrogen and oxygen atoms in total. The van der Waals surface area contributed by atoms with E-state index in [9.17, 15) is 9.59 Å². The Hall–Kier alpha value is -2.66. The van der Waals surface area contributed by atoms with Crippen LogP contribution < -0.4 is 5.73 Å². The van der Waals surface area contributed by atoms with Gasteiger partial charge in [0.25, 0.3) is 0 Å². The third kappa shape index (κ3) is 4.49. The minimum absolute atomic E-state index is 0.0536. The molecule has 2 aromatic rings. The standard InChI is InChI=1S/C21H23NO4/c1-14-12-18(10-11-25-14)21(24)26-13-20(23)17-4-2-15(3-5-17)16-6-8-19(22)9-7-16/h2-9,14,18H,10-13,22H2,1H3. The van der Waals surface area contributed by atoms with E-state index < -0.39 is 0 Å². The van der Waals surface area contributed by atoms with Crippen LogP contribution in [0.5, 0.6) is 0 Å². The Kier molecular flexibility index (Phi) is 5.68. The number of hydrogen-bond acceptors (Lipinski definition) is 5. The summed E-state index contributed by atoms with van der Waals surface area (Å²) in [6.45, 7) is 2.26. The van der Waals surface area contributed by atoms with Gasteiger partial charge in [-0.15, -0.1) is 0 Å². The summed E-state index contributed by atoms with van der Waals surface area (Å²) in [7, 11) is 0. The van der Waals surface area contributed by atoms with Gasteiger partial charge in [-0.05, 0) is 43.0 Å². The van der Waals surface area contributed by atoms with Gasteiger partial charge in [0.15, 0.2) is 12.4 Å². The number of rotatable bonds is 5. The lowest BCUT2D eigenvalue weighted by molar-refractivity contribution is -0.152. The van der Waals surface area contributed by atoms with Crippen LogP contribution >= 0.6 is 0 Å². The number of ketones is 1. The van der Waals surface area contributed by atoms with Crippen molar-refractivity contribution in [3.63, 3.8) is 0 Å². The fraction of sp³-hybridized carbons (Fsp3) is 0.333. The van der Waals surface area contributed by atoms with E-state index >= 15 is 0 Å². The van der Waals surface area contributed by atoms with E-state index in [1.807, 2.05) is 43.3 Å². The Balaban J connectivity index is 1.56. The summed E-state index contributed by atoms with van der Waals surface area (Å²) in [5.41, 5.74) is 8.95. The predicted molar refractivity (Wildman–Crippen MR) is 99.7 cm³/mol. The van der Waals surface area contributed by atoms with Crippen molar-refractivity contribution < 1.29 is 19.1 Å². The number of nitrogen functional groups attached to an aromatic ring is 1. The molecule has 2 aromatic carbocycles. The largest absolute Gasteiger partial charge is 0.457 e. The number of benzene rings is 2. The van der Waals surface area contributed by atoms with Crippen molar-refractivity contribution >= 4 is 17.4 Å². The molecule has 1 aliphatic heterocycles. The van der Waals surface area contributed by atoms with Crippen molar-refractivity contribution in [1.82, 2.24) is 0 Å². The summed E-state index contributed by atoms with van der Waals surface area (Å²) in [6, 6.07) is 14.8. The Morgan fingerprint density at radius 3 is 2.31 bits per heavy atom. The third-order valence-electron chi connectivity index (χ3n) is 4.61. The lowest BCUT2D eigenvalue weighted by Crippen LogP contribution is -2.30. The zero-order valence-corrected chi connectivity index (χ0v) is 14.8. The number of carbonyl (C=O) groups is 2. The predicted octanol–water partition coefficient (Wildman–Crippen LogP) is 3.48. The molecule has 2 N–H and O–H groups in total. The van der Waals surface area contributed by atoms with Gasteiger partial charge in [-0.3, -0.25) is 9.59 Å². The maximum atomic E-state index is 12.3. The van der Waals surface area contributed by atoms with Crippen LogP contribution in [0.1, 0.15) is 30.1 Å². The molecule has 1 heterocycles. The zero-order valence-electron chi connectivity index (χ0n) is 14.8. The molecule has 2 unspecified atom stereocenters. The van der Waals surface area contributed by atoms with E-state index in [0.29, 0.717) is 30.7 Å². The SMILES string of the molecule is CC1CC(C(=O)OCC(=O)c2ccc(-c3ccc(N)cc3)cc2)CCO1. The fourth-order valence-corrected chi connectivity index (χ4v) is 3.07. The van der Waals surface area contributed by atoms with Crippen molar-refractivity contribution in [2.45, 2.75) is 25.9 Å². The van der Waals surface area contributed by atoms with Gasteiger partial charge in [0.2, 0.25) is 0 Å². The monoisotopic (exact) mass is 353 g/mol. The van der Waals surface area contributed by atoms with E-state index in [0.717, 1.165) is 11.1 Å². The second-order valence-electron chi connectivity index (χ2n) is 6.63. The summed E-state index contributed by atoms with van der Waals surface area (Å²) >= 11 is 0. The maximum absolute atomic E-state index is 12.3. The molecule has 1 fully saturated rings. The fourth-order valence-electron chi connectivity index (χ4n) is 3.07. The normalized spacial score (nSPS) is 19.7. The van der Waals surface area contributed by atoms with Crippen LogP contribution in [-0.4, -0.2) is 31.1 Å². The Morgan fingerprint density at radius 1 is 1.08 bits per heavy atom. The number of hydrogen-bond donors (Lipinski definition) is 1. The lowest BCUT2D eigenvalue weighted by Gasteiger charge is -2.25. The highest BCUT2D eigenvalue weighted by Gasteiger charge is 2.27. The van der Waals surface area contributed by atoms with Crippen molar-refractivity contribution in [3.05, 3.63) is 54.1 Å². The van der Waals surface area contributed by atoms with E-state index in [-0.39, 0.29) is 30.4 Å². The summed E-state index contributed by atoms with van der Waals surface area (Å²) in [6.07, 6.45) is 1.34. The van der Waals surface area contributed by atoms with Crippen LogP contribution in [0.3, 0.4) is 0 Å². The highest BCUT2D eigenvalue weighted by molar-refractivity contribution is 5.98.